The van der Waals surface area contributed by atoms with Crippen LogP contribution in [0.15, 0.2) is 48.6 Å². The van der Waals surface area contributed by atoms with Crippen LogP contribution < -0.4 is 11.1 Å². The van der Waals surface area contributed by atoms with E-state index in [1.54, 1.807) is 48.6 Å². The van der Waals surface area contributed by atoms with Crippen LogP contribution in [0.1, 0.15) is 5.56 Å². The van der Waals surface area contributed by atoms with Gasteiger partial charge in [-0.15, -0.1) is 0 Å². The largest absolute Gasteiger partial charge is 0.468 e. The fourth-order valence-electron chi connectivity index (χ4n) is 2.36. The van der Waals surface area contributed by atoms with Crippen LogP contribution in [0.25, 0.3) is 0 Å². The SMILES string of the molecule is COC(=O)C1C=CC=CC1(N)c1ccccc1NC=O. The van der Waals surface area contributed by atoms with Crippen molar-refractivity contribution in [1.82, 2.24) is 0 Å². The topological polar surface area (TPSA) is 81.4 Å². The fourth-order valence-corrected chi connectivity index (χ4v) is 2.36. The highest BCUT2D eigenvalue weighted by atomic mass is 16.5. The van der Waals surface area contributed by atoms with Crippen molar-refractivity contribution in [3.63, 3.8) is 0 Å². The van der Waals surface area contributed by atoms with Crippen LogP contribution in [-0.2, 0) is 19.9 Å². The third-order valence-electron chi connectivity index (χ3n) is 3.36. The normalized spacial score (nSPS) is 24.2. The van der Waals surface area contributed by atoms with Crippen LogP contribution in [-0.4, -0.2) is 19.5 Å². The zero-order chi connectivity index (χ0) is 14.6. The van der Waals surface area contributed by atoms with E-state index in [-0.39, 0.29) is 0 Å². The second-order valence-electron chi connectivity index (χ2n) is 4.49. The van der Waals surface area contributed by atoms with Crippen LogP contribution in [0.3, 0.4) is 0 Å². The van der Waals surface area contributed by atoms with Gasteiger partial charge in [-0.1, -0.05) is 42.5 Å². The quantitative estimate of drug-likeness (QED) is 0.640. The standard InChI is InChI=1S/C15H16N2O3/c1-20-14(19)12-7-4-5-9-15(12,16)11-6-2-3-8-13(11)17-10-18/h2-10,12H,16H2,1H3,(H,17,18). The van der Waals surface area contributed by atoms with Gasteiger partial charge in [0.1, 0.15) is 5.92 Å². The van der Waals surface area contributed by atoms with Gasteiger partial charge in [-0.25, -0.2) is 0 Å². The molecule has 0 heterocycles. The minimum atomic E-state index is -1.06. The molecule has 3 N–H and O–H groups in total. The van der Waals surface area contributed by atoms with Gasteiger partial charge >= 0.3 is 5.97 Å². The molecule has 0 saturated heterocycles. The first-order valence-electron chi connectivity index (χ1n) is 6.16. The number of nitrogens with one attached hydrogen (secondary N) is 1. The molecule has 1 aliphatic carbocycles. The number of ether oxygens (including phenoxy) is 1. The van der Waals surface area contributed by atoms with Gasteiger partial charge in [-0.05, 0) is 6.07 Å². The van der Waals surface area contributed by atoms with Crippen LogP contribution in [0.2, 0.25) is 0 Å². The van der Waals surface area contributed by atoms with E-state index in [0.717, 1.165) is 0 Å². The number of methoxy groups -OCH3 is 1. The number of hydrogen-bond donors (Lipinski definition) is 2. The molecular formula is C15H16N2O3. The highest BCUT2D eigenvalue weighted by molar-refractivity contribution is 5.80. The molecule has 0 bridgehead atoms. The Kier molecular flexibility index (Phi) is 4.00. The highest BCUT2D eigenvalue weighted by Crippen LogP contribution is 2.37. The number of hydrogen-bond acceptors (Lipinski definition) is 4. The van der Waals surface area contributed by atoms with E-state index in [9.17, 15) is 9.59 Å². The molecule has 0 spiro atoms. The van der Waals surface area contributed by atoms with Gasteiger partial charge in [0, 0.05) is 11.3 Å². The van der Waals surface area contributed by atoms with Gasteiger partial charge in [0.15, 0.2) is 0 Å². The second kappa shape index (κ2) is 5.71. The zero-order valence-electron chi connectivity index (χ0n) is 11.1. The first-order chi connectivity index (χ1) is 9.63. The van der Waals surface area contributed by atoms with Gasteiger partial charge < -0.3 is 15.8 Å². The van der Waals surface area contributed by atoms with E-state index in [4.69, 9.17) is 10.5 Å². The third-order valence-corrected chi connectivity index (χ3v) is 3.36. The number of rotatable bonds is 4. The number of nitrogens with two attached hydrogens (primary N) is 1. The summed E-state index contributed by atoms with van der Waals surface area (Å²) in [7, 11) is 1.32. The molecule has 0 fully saturated rings. The predicted molar refractivity (Wildman–Crippen MR) is 75.8 cm³/mol. The number of benzene rings is 1. The third kappa shape index (κ3) is 2.35. The Morgan fingerprint density at radius 2 is 2.15 bits per heavy atom. The Bertz CT molecular complexity index is 580. The Morgan fingerprint density at radius 1 is 1.40 bits per heavy atom. The molecule has 1 aliphatic rings. The van der Waals surface area contributed by atoms with E-state index in [1.807, 2.05) is 0 Å². The average Bonchev–Trinajstić information content (AvgIpc) is 2.48. The van der Waals surface area contributed by atoms with E-state index in [1.165, 1.54) is 7.11 Å². The molecule has 5 heteroatoms. The number of carbonyl (C=O) groups excluding carboxylic acids is 2. The Hall–Kier alpha value is -2.40. The maximum atomic E-state index is 11.9. The minimum absolute atomic E-state index is 0.422. The lowest BCUT2D eigenvalue weighted by Gasteiger charge is -2.34. The molecule has 20 heavy (non-hydrogen) atoms. The number of allylic oxidation sites excluding steroid dienone is 2. The summed E-state index contributed by atoms with van der Waals surface area (Å²) in [5, 5.41) is 2.61. The maximum Gasteiger partial charge on any atom is 0.315 e. The molecule has 0 radical (unpaired) electrons. The van der Waals surface area contributed by atoms with E-state index < -0.39 is 17.4 Å². The van der Waals surface area contributed by atoms with Crippen molar-refractivity contribution in [3.05, 3.63) is 54.1 Å². The zero-order valence-corrected chi connectivity index (χ0v) is 11.1. The fraction of sp³-hybridized carbons (Fsp3) is 0.200. The van der Waals surface area contributed by atoms with Gasteiger partial charge in [0.05, 0.1) is 12.6 Å². The molecule has 0 aromatic heterocycles. The molecule has 2 unspecified atom stereocenters. The van der Waals surface area contributed by atoms with Crippen molar-refractivity contribution in [2.24, 2.45) is 11.7 Å². The monoisotopic (exact) mass is 272 g/mol. The molecule has 2 atom stereocenters. The lowest BCUT2D eigenvalue weighted by atomic mass is 9.75. The van der Waals surface area contributed by atoms with Gasteiger partial charge in [0.2, 0.25) is 6.41 Å². The molecule has 1 aromatic rings. The summed E-state index contributed by atoms with van der Waals surface area (Å²) in [6.45, 7) is 0. The van der Waals surface area contributed by atoms with Crippen LogP contribution in [0.5, 0.6) is 0 Å². The molecule has 5 nitrogen and oxygen atoms in total. The molecule has 1 aromatic carbocycles. The van der Waals surface area contributed by atoms with E-state index in [0.29, 0.717) is 17.7 Å². The summed E-state index contributed by atoms with van der Waals surface area (Å²) < 4.78 is 4.81. The molecule has 0 saturated carbocycles. The molecule has 1 amide bonds. The predicted octanol–water partition coefficient (Wildman–Crippen LogP) is 1.32. The van der Waals surface area contributed by atoms with Crippen molar-refractivity contribution >= 4 is 18.1 Å². The number of esters is 1. The van der Waals surface area contributed by atoms with E-state index >= 15 is 0 Å². The number of para-hydroxylation sites is 1. The summed E-state index contributed by atoms with van der Waals surface area (Å²) in [6.07, 6.45) is 7.54. The summed E-state index contributed by atoms with van der Waals surface area (Å²) in [4.78, 5) is 22.7. The summed E-state index contributed by atoms with van der Waals surface area (Å²) in [6, 6.07) is 7.11. The highest BCUT2D eigenvalue weighted by Gasteiger charge is 2.40. The molecule has 2 rings (SSSR count). The van der Waals surface area contributed by atoms with Crippen molar-refractivity contribution in [2.45, 2.75) is 5.54 Å². The average molecular weight is 272 g/mol. The maximum absolute atomic E-state index is 11.9. The van der Waals surface area contributed by atoms with Gasteiger partial charge in [0.25, 0.3) is 0 Å². The van der Waals surface area contributed by atoms with Gasteiger partial charge in [-0.3, -0.25) is 9.59 Å². The van der Waals surface area contributed by atoms with Crippen LogP contribution in [0.4, 0.5) is 5.69 Å². The van der Waals surface area contributed by atoms with Crippen LogP contribution >= 0.6 is 0 Å². The Morgan fingerprint density at radius 3 is 2.85 bits per heavy atom. The van der Waals surface area contributed by atoms with Crippen molar-refractivity contribution < 1.29 is 14.3 Å². The summed E-state index contributed by atoms with van der Waals surface area (Å²) in [5.41, 5.74) is 6.60. The first kappa shape index (κ1) is 14.0. The molecule has 104 valence electrons. The Labute approximate surface area is 117 Å². The van der Waals surface area contributed by atoms with Crippen molar-refractivity contribution in [3.8, 4) is 0 Å². The smallest absolute Gasteiger partial charge is 0.315 e. The lowest BCUT2D eigenvalue weighted by molar-refractivity contribution is -0.145. The Balaban J connectivity index is 2.52. The van der Waals surface area contributed by atoms with Crippen LogP contribution in [0, 0.1) is 5.92 Å². The number of amides is 1. The molecule has 0 aliphatic heterocycles. The van der Waals surface area contributed by atoms with Crippen molar-refractivity contribution in [2.75, 3.05) is 12.4 Å². The summed E-state index contributed by atoms with van der Waals surface area (Å²) in [5.74, 6) is -1.07. The first-order valence-corrected chi connectivity index (χ1v) is 6.16. The van der Waals surface area contributed by atoms with Gasteiger partial charge in [-0.2, -0.15) is 0 Å². The summed E-state index contributed by atoms with van der Waals surface area (Å²) >= 11 is 0. The lowest BCUT2D eigenvalue weighted by Crippen LogP contribution is -2.47. The van der Waals surface area contributed by atoms with E-state index in [2.05, 4.69) is 5.32 Å². The van der Waals surface area contributed by atoms with Crippen molar-refractivity contribution in [1.29, 1.82) is 0 Å². The number of anilines is 1. The minimum Gasteiger partial charge on any atom is -0.468 e. The second-order valence-corrected chi connectivity index (χ2v) is 4.49. The number of carbonyl (C=O) groups is 2. The molecular weight excluding hydrogens is 256 g/mol.